The highest BCUT2D eigenvalue weighted by atomic mass is 16.1. The van der Waals surface area contributed by atoms with Gasteiger partial charge in [-0.1, -0.05) is 13.8 Å². The first-order valence-corrected chi connectivity index (χ1v) is 6.83. The van der Waals surface area contributed by atoms with Gasteiger partial charge in [0.2, 0.25) is 5.91 Å². The first-order chi connectivity index (χ1) is 8.84. The van der Waals surface area contributed by atoms with Crippen molar-refractivity contribution in [2.75, 3.05) is 6.54 Å². The summed E-state index contributed by atoms with van der Waals surface area (Å²) in [6, 6.07) is 0. The fourth-order valence-electron chi connectivity index (χ4n) is 2.34. The third-order valence-corrected chi connectivity index (χ3v) is 3.15. The predicted octanol–water partition coefficient (Wildman–Crippen LogP) is 1.23. The summed E-state index contributed by atoms with van der Waals surface area (Å²) < 4.78 is 1.75. The van der Waals surface area contributed by atoms with Crippen LogP contribution in [0.2, 0.25) is 0 Å². The molecule has 0 aliphatic carbocycles. The molecule has 5 nitrogen and oxygen atoms in total. The Balaban J connectivity index is 2.45. The van der Waals surface area contributed by atoms with Gasteiger partial charge in [0.1, 0.15) is 0 Å². The normalized spacial score (nSPS) is 14.4. The number of rotatable bonds is 7. The lowest BCUT2D eigenvalue weighted by molar-refractivity contribution is -0.122. The van der Waals surface area contributed by atoms with E-state index in [2.05, 4.69) is 24.3 Å². The van der Waals surface area contributed by atoms with E-state index in [-0.39, 0.29) is 11.4 Å². The Kier molecular flexibility index (Phi) is 5.54. The number of hydrogen-bond donors (Lipinski definition) is 2. The summed E-state index contributed by atoms with van der Waals surface area (Å²) in [7, 11) is 1.87. The lowest BCUT2D eigenvalue weighted by Gasteiger charge is -2.31. The Hall–Kier alpha value is -1.36. The van der Waals surface area contributed by atoms with Crippen LogP contribution >= 0.6 is 0 Å². The largest absolute Gasteiger partial charge is 0.350 e. The zero-order chi connectivity index (χ0) is 14.5. The van der Waals surface area contributed by atoms with Crippen molar-refractivity contribution in [1.82, 2.24) is 15.1 Å². The van der Waals surface area contributed by atoms with Crippen LogP contribution in [0.5, 0.6) is 0 Å². The fraction of sp³-hybridized carbons (Fsp3) is 0.714. The Morgan fingerprint density at radius 2 is 2.26 bits per heavy atom. The van der Waals surface area contributed by atoms with E-state index >= 15 is 0 Å². The molecule has 1 aromatic rings. The van der Waals surface area contributed by atoms with Crippen LogP contribution < -0.4 is 11.1 Å². The van der Waals surface area contributed by atoms with E-state index in [1.165, 1.54) is 0 Å². The third-order valence-electron chi connectivity index (χ3n) is 3.15. The number of aromatic nitrogens is 2. The van der Waals surface area contributed by atoms with Gasteiger partial charge in [0, 0.05) is 31.7 Å². The Morgan fingerprint density at radius 3 is 2.74 bits per heavy atom. The standard InChI is InChI=1S/C14H26N4O/c1-11(2)7-14(3,10-15)17-13(19)6-5-12-8-16-18(4)9-12/h8-9,11H,5-7,10,15H2,1-4H3,(H,17,19). The van der Waals surface area contributed by atoms with Gasteiger partial charge in [-0.25, -0.2) is 0 Å². The molecule has 0 fully saturated rings. The van der Waals surface area contributed by atoms with E-state index < -0.39 is 0 Å². The van der Waals surface area contributed by atoms with Crippen molar-refractivity contribution in [2.24, 2.45) is 18.7 Å². The van der Waals surface area contributed by atoms with Crippen LogP contribution in [0.1, 0.15) is 39.2 Å². The number of hydrogen-bond acceptors (Lipinski definition) is 3. The van der Waals surface area contributed by atoms with Crippen molar-refractivity contribution < 1.29 is 4.79 Å². The van der Waals surface area contributed by atoms with Gasteiger partial charge < -0.3 is 11.1 Å². The molecule has 0 bridgehead atoms. The molecule has 19 heavy (non-hydrogen) atoms. The Bertz CT molecular complexity index is 413. The second-order valence-electron chi connectivity index (χ2n) is 5.93. The van der Waals surface area contributed by atoms with E-state index in [4.69, 9.17) is 5.73 Å². The molecule has 5 heteroatoms. The molecule has 0 aliphatic heterocycles. The van der Waals surface area contributed by atoms with Gasteiger partial charge in [0.05, 0.1) is 6.20 Å². The molecule has 0 aromatic carbocycles. The predicted molar refractivity (Wildman–Crippen MR) is 76.6 cm³/mol. The van der Waals surface area contributed by atoms with Gasteiger partial charge in [0.15, 0.2) is 0 Å². The lowest BCUT2D eigenvalue weighted by Crippen LogP contribution is -2.52. The summed E-state index contributed by atoms with van der Waals surface area (Å²) in [6.07, 6.45) is 5.80. The number of carbonyl (C=O) groups excluding carboxylic acids is 1. The molecular formula is C14H26N4O. The second kappa shape index (κ2) is 6.70. The molecule has 1 aromatic heterocycles. The average Bonchev–Trinajstić information content (AvgIpc) is 2.71. The van der Waals surface area contributed by atoms with Crippen LogP contribution in [0.3, 0.4) is 0 Å². The molecule has 0 aliphatic rings. The number of aryl methyl sites for hydroxylation is 2. The Labute approximate surface area is 115 Å². The number of carbonyl (C=O) groups is 1. The van der Waals surface area contributed by atoms with Crippen molar-refractivity contribution in [3.63, 3.8) is 0 Å². The van der Waals surface area contributed by atoms with Gasteiger partial charge in [0.25, 0.3) is 0 Å². The molecule has 0 radical (unpaired) electrons. The van der Waals surface area contributed by atoms with Crippen LogP contribution in [0.15, 0.2) is 12.4 Å². The molecule has 0 saturated carbocycles. The number of nitrogens with one attached hydrogen (secondary N) is 1. The quantitative estimate of drug-likeness (QED) is 0.779. The minimum atomic E-state index is -0.305. The molecule has 1 amide bonds. The molecular weight excluding hydrogens is 240 g/mol. The van der Waals surface area contributed by atoms with Crippen molar-refractivity contribution in [3.8, 4) is 0 Å². The van der Waals surface area contributed by atoms with Crippen molar-refractivity contribution in [3.05, 3.63) is 18.0 Å². The number of nitrogens with two attached hydrogens (primary N) is 1. The summed E-state index contributed by atoms with van der Waals surface area (Å²) >= 11 is 0. The van der Waals surface area contributed by atoms with Crippen molar-refractivity contribution in [2.45, 2.75) is 45.6 Å². The highest BCUT2D eigenvalue weighted by Crippen LogP contribution is 2.15. The van der Waals surface area contributed by atoms with Crippen molar-refractivity contribution in [1.29, 1.82) is 0 Å². The van der Waals surface area contributed by atoms with E-state index in [9.17, 15) is 4.79 Å². The van der Waals surface area contributed by atoms with Gasteiger partial charge in [-0.15, -0.1) is 0 Å². The van der Waals surface area contributed by atoms with Crippen LogP contribution in [-0.4, -0.2) is 27.8 Å². The maximum absolute atomic E-state index is 12.0. The van der Waals surface area contributed by atoms with Crippen LogP contribution in [0, 0.1) is 5.92 Å². The average molecular weight is 266 g/mol. The van der Waals surface area contributed by atoms with Crippen LogP contribution in [0.4, 0.5) is 0 Å². The maximum atomic E-state index is 12.0. The molecule has 1 heterocycles. The lowest BCUT2D eigenvalue weighted by atomic mass is 9.90. The highest BCUT2D eigenvalue weighted by Gasteiger charge is 2.25. The first kappa shape index (κ1) is 15.7. The summed E-state index contributed by atoms with van der Waals surface area (Å²) in [5, 5.41) is 7.15. The maximum Gasteiger partial charge on any atom is 0.220 e. The topological polar surface area (TPSA) is 72.9 Å². The number of nitrogens with zero attached hydrogens (tertiary/aromatic N) is 2. The van der Waals surface area contributed by atoms with Crippen molar-refractivity contribution >= 4 is 5.91 Å². The van der Waals surface area contributed by atoms with Gasteiger partial charge in [-0.2, -0.15) is 5.10 Å². The van der Waals surface area contributed by atoms with Crippen LogP contribution in [0.25, 0.3) is 0 Å². The zero-order valence-electron chi connectivity index (χ0n) is 12.4. The summed E-state index contributed by atoms with van der Waals surface area (Å²) in [5.41, 5.74) is 6.56. The van der Waals surface area contributed by atoms with Gasteiger partial charge in [-0.3, -0.25) is 9.48 Å². The van der Waals surface area contributed by atoms with E-state index in [0.29, 0.717) is 25.3 Å². The zero-order valence-corrected chi connectivity index (χ0v) is 12.4. The Morgan fingerprint density at radius 1 is 1.58 bits per heavy atom. The third kappa shape index (κ3) is 5.42. The molecule has 1 atom stereocenters. The summed E-state index contributed by atoms with van der Waals surface area (Å²) in [5.74, 6) is 0.560. The number of amides is 1. The van der Waals surface area contributed by atoms with E-state index in [0.717, 1.165) is 12.0 Å². The first-order valence-electron chi connectivity index (χ1n) is 6.83. The molecule has 0 saturated heterocycles. The summed E-state index contributed by atoms with van der Waals surface area (Å²) in [4.78, 5) is 12.0. The van der Waals surface area contributed by atoms with Gasteiger partial charge >= 0.3 is 0 Å². The SMILES string of the molecule is CC(C)CC(C)(CN)NC(=O)CCc1cnn(C)c1. The minimum absolute atomic E-state index is 0.0532. The van der Waals surface area contributed by atoms with E-state index in [1.807, 2.05) is 20.2 Å². The molecule has 0 spiro atoms. The van der Waals surface area contributed by atoms with E-state index in [1.54, 1.807) is 10.9 Å². The monoisotopic (exact) mass is 266 g/mol. The fourth-order valence-corrected chi connectivity index (χ4v) is 2.34. The molecule has 108 valence electrons. The minimum Gasteiger partial charge on any atom is -0.350 e. The molecule has 1 unspecified atom stereocenters. The second-order valence-corrected chi connectivity index (χ2v) is 5.93. The molecule has 1 rings (SSSR count). The summed E-state index contributed by atoms with van der Waals surface area (Å²) in [6.45, 7) is 6.74. The molecule has 3 N–H and O–H groups in total. The van der Waals surface area contributed by atoms with Crippen LogP contribution in [-0.2, 0) is 18.3 Å². The van der Waals surface area contributed by atoms with Gasteiger partial charge in [-0.05, 0) is 31.2 Å². The smallest absolute Gasteiger partial charge is 0.220 e. The highest BCUT2D eigenvalue weighted by molar-refractivity contribution is 5.77.